The summed E-state index contributed by atoms with van der Waals surface area (Å²) in [6.07, 6.45) is 0.162. The van der Waals surface area contributed by atoms with Gasteiger partial charge in [-0.25, -0.2) is 4.79 Å². The van der Waals surface area contributed by atoms with E-state index in [1.807, 2.05) is 37.3 Å². The van der Waals surface area contributed by atoms with Gasteiger partial charge in [0, 0.05) is 5.69 Å². The fraction of sp³-hybridized carbons (Fsp3) is 0.348. The number of carbonyl (C=O) groups is 3. The molecule has 0 aliphatic heterocycles. The zero-order valence-corrected chi connectivity index (χ0v) is 17.5. The van der Waals surface area contributed by atoms with Crippen LogP contribution in [0, 0.1) is 5.92 Å². The van der Waals surface area contributed by atoms with Crippen LogP contribution in [-0.2, 0) is 25.5 Å². The lowest BCUT2D eigenvalue weighted by Gasteiger charge is -2.20. The molecular weight excluding hydrogens is 384 g/mol. The molecule has 0 fully saturated rings. The molecule has 2 aromatic rings. The van der Waals surface area contributed by atoms with Crippen LogP contribution < -0.4 is 15.4 Å². The number of nitrogens with one attached hydrogen (secondary N) is 2. The number of amides is 2. The van der Waals surface area contributed by atoms with Gasteiger partial charge >= 0.3 is 5.97 Å². The Hall–Kier alpha value is -3.35. The molecular formula is C23H28N2O5. The van der Waals surface area contributed by atoms with Crippen LogP contribution in [0.4, 0.5) is 5.69 Å². The van der Waals surface area contributed by atoms with E-state index in [0.29, 0.717) is 18.0 Å². The Morgan fingerprint density at radius 2 is 1.60 bits per heavy atom. The minimum atomic E-state index is -0.834. The number of anilines is 1. The summed E-state index contributed by atoms with van der Waals surface area (Å²) in [5, 5.41) is 5.35. The molecule has 0 aromatic heterocycles. The number of hydrogen-bond donors (Lipinski definition) is 2. The van der Waals surface area contributed by atoms with E-state index in [0.717, 1.165) is 5.56 Å². The fourth-order valence-electron chi connectivity index (χ4n) is 2.73. The second kappa shape index (κ2) is 11.6. The molecule has 0 unspecified atom stereocenters. The molecule has 7 heteroatoms. The lowest BCUT2D eigenvalue weighted by atomic mass is 10.0. The molecule has 7 nitrogen and oxygen atoms in total. The van der Waals surface area contributed by atoms with Gasteiger partial charge in [-0.15, -0.1) is 0 Å². The van der Waals surface area contributed by atoms with Crippen molar-refractivity contribution >= 4 is 23.5 Å². The second-order valence-electron chi connectivity index (χ2n) is 7.06. The van der Waals surface area contributed by atoms with Crippen molar-refractivity contribution in [2.75, 3.05) is 18.5 Å². The van der Waals surface area contributed by atoms with E-state index in [-0.39, 0.29) is 18.2 Å². The molecule has 2 N–H and O–H groups in total. The topological polar surface area (TPSA) is 93.7 Å². The standard InChI is InChI=1S/C23H28N2O5/c1-4-29-19-12-10-18(11-13-19)24-21(27)15-30-23(28)22(16(2)3)25-20(26)14-17-8-6-5-7-9-17/h5-13,16,22H,4,14-15H2,1-3H3,(H,24,27)(H,25,26)/t22-/m0/s1. The Morgan fingerprint density at radius 3 is 2.20 bits per heavy atom. The minimum absolute atomic E-state index is 0.162. The molecule has 0 aliphatic carbocycles. The van der Waals surface area contributed by atoms with Gasteiger partial charge in [0.1, 0.15) is 11.8 Å². The third-order valence-electron chi connectivity index (χ3n) is 4.24. The van der Waals surface area contributed by atoms with Crippen molar-refractivity contribution in [2.24, 2.45) is 5.92 Å². The van der Waals surface area contributed by atoms with Gasteiger partial charge in [-0.05, 0) is 42.7 Å². The van der Waals surface area contributed by atoms with E-state index in [1.54, 1.807) is 38.1 Å². The highest BCUT2D eigenvalue weighted by molar-refractivity contribution is 5.93. The molecule has 0 spiro atoms. The predicted molar refractivity (Wildman–Crippen MR) is 114 cm³/mol. The quantitative estimate of drug-likeness (QED) is 0.585. The summed E-state index contributed by atoms with van der Waals surface area (Å²) in [5.41, 5.74) is 1.41. The maximum atomic E-state index is 12.4. The van der Waals surface area contributed by atoms with Gasteiger partial charge < -0.3 is 20.1 Å². The largest absolute Gasteiger partial charge is 0.494 e. The van der Waals surface area contributed by atoms with Crippen molar-refractivity contribution in [1.82, 2.24) is 5.32 Å². The normalized spacial score (nSPS) is 11.5. The van der Waals surface area contributed by atoms with Gasteiger partial charge in [0.05, 0.1) is 13.0 Å². The van der Waals surface area contributed by atoms with Crippen molar-refractivity contribution < 1.29 is 23.9 Å². The number of carbonyl (C=O) groups excluding carboxylic acids is 3. The summed E-state index contributed by atoms with van der Waals surface area (Å²) >= 11 is 0. The predicted octanol–water partition coefficient (Wildman–Crippen LogP) is 2.95. The minimum Gasteiger partial charge on any atom is -0.494 e. The first kappa shape index (κ1) is 22.9. The van der Waals surface area contributed by atoms with Crippen LogP contribution in [0.25, 0.3) is 0 Å². The van der Waals surface area contributed by atoms with Gasteiger partial charge in [-0.2, -0.15) is 0 Å². The third-order valence-corrected chi connectivity index (χ3v) is 4.24. The zero-order chi connectivity index (χ0) is 21.9. The summed E-state index contributed by atoms with van der Waals surface area (Å²) in [4.78, 5) is 36.8. The Bertz CT molecular complexity index is 834. The summed E-state index contributed by atoms with van der Waals surface area (Å²) in [5.74, 6) is -0.881. The molecule has 0 saturated carbocycles. The van der Waals surface area contributed by atoms with E-state index in [1.165, 1.54) is 0 Å². The molecule has 1 atom stereocenters. The Labute approximate surface area is 176 Å². The fourth-order valence-corrected chi connectivity index (χ4v) is 2.73. The molecule has 2 amide bonds. The van der Waals surface area contributed by atoms with Crippen LogP contribution in [0.2, 0.25) is 0 Å². The monoisotopic (exact) mass is 412 g/mol. The summed E-state index contributed by atoms with van der Waals surface area (Å²) in [7, 11) is 0. The SMILES string of the molecule is CCOc1ccc(NC(=O)COC(=O)[C@@H](NC(=O)Cc2ccccc2)C(C)C)cc1. The molecule has 0 aliphatic rings. The summed E-state index contributed by atoms with van der Waals surface area (Å²) in [6, 6.07) is 15.3. The Balaban J connectivity index is 1.83. The first-order valence-electron chi connectivity index (χ1n) is 9.91. The zero-order valence-electron chi connectivity index (χ0n) is 17.5. The highest BCUT2D eigenvalue weighted by atomic mass is 16.5. The summed E-state index contributed by atoms with van der Waals surface area (Å²) in [6.45, 7) is 5.60. The summed E-state index contributed by atoms with van der Waals surface area (Å²) < 4.78 is 10.5. The molecule has 2 rings (SSSR count). The number of esters is 1. The van der Waals surface area contributed by atoms with Crippen LogP contribution >= 0.6 is 0 Å². The van der Waals surface area contributed by atoms with E-state index in [2.05, 4.69) is 10.6 Å². The van der Waals surface area contributed by atoms with E-state index in [9.17, 15) is 14.4 Å². The molecule has 0 saturated heterocycles. The maximum Gasteiger partial charge on any atom is 0.329 e. The van der Waals surface area contributed by atoms with Crippen molar-refractivity contribution in [3.05, 3.63) is 60.2 Å². The average molecular weight is 412 g/mol. The second-order valence-corrected chi connectivity index (χ2v) is 7.06. The first-order chi connectivity index (χ1) is 14.4. The van der Waals surface area contributed by atoms with Crippen LogP contribution in [0.1, 0.15) is 26.3 Å². The van der Waals surface area contributed by atoms with Crippen molar-refractivity contribution in [1.29, 1.82) is 0 Å². The molecule has 0 bridgehead atoms. The number of hydrogen-bond acceptors (Lipinski definition) is 5. The smallest absolute Gasteiger partial charge is 0.329 e. The molecule has 30 heavy (non-hydrogen) atoms. The lowest BCUT2D eigenvalue weighted by Crippen LogP contribution is -2.46. The van der Waals surface area contributed by atoms with Crippen LogP contribution in [-0.4, -0.2) is 37.0 Å². The van der Waals surface area contributed by atoms with Crippen LogP contribution in [0.15, 0.2) is 54.6 Å². The van der Waals surface area contributed by atoms with E-state index < -0.39 is 24.5 Å². The first-order valence-corrected chi connectivity index (χ1v) is 9.91. The van der Waals surface area contributed by atoms with Crippen molar-refractivity contribution in [3.63, 3.8) is 0 Å². The molecule has 2 aromatic carbocycles. The Kier molecular flexibility index (Phi) is 8.87. The highest BCUT2D eigenvalue weighted by Gasteiger charge is 2.26. The van der Waals surface area contributed by atoms with Gasteiger partial charge in [0.25, 0.3) is 5.91 Å². The Morgan fingerprint density at radius 1 is 0.933 bits per heavy atom. The lowest BCUT2D eigenvalue weighted by molar-refractivity contribution is -0.151. The van der Waals surface area contributed by atoms with E-state index in [4.69, 9.17) is 9.47 Å². The molecule has 0 radical (unpaired) electrons. The van der Waals surface area contributed by atoms with Gasteiger partial charge in [0.2, 0.25) is 5.91 Å². The number of ether oxygens (including phenoxy) is 2. The molecule has 160 valence electrons. The van der Waals surface area contributed by atoms with E-state index >= 15 is 0 Å². The van der Waals surface area contributed by atoms with Crippen molar-refractivity contribution in [2.45, 2.75) is 33.2 Å². The van der Waals surface area contributed by atoms with Gasteiger partial charge in [-0.3, -0.25) is 9.59 Å². The van der Waals surface area contributed by atoms with Crippen LogP contribution in [0.3, 0.4) is 0 Å². The third kappa shape index (κ3) is 7.58. The van der Waals surface area contributed by atoms with Gasteiger partial charge in [-0.1, -0.05) is 44.2 Å². The highest BCUT2D eigenvalue weighted by Crippen LogP contribution is 2.15. The van der Waals surface area contributed by atoms with Gasteiger partial charge in [0.15, 0.2) is 6.61 Å². The maximum absolute atomic E-state index is 12.4. The number of benzene rings is 2. The molecule has 0 heterocycles. The number of rotatable bonds is 10. The van der Waals surface area contributed by atoms with Crippen LogP contribution in [0.5, 0.6) is 5.75 Å². The average Bonchev–Trinajstić information content (AvgIpc) is 2.72. The van der Waals surface area contributed by atoms with Crippen molar-refractivity contribution in [3.8, 4) is 5.75 Å².